The highest BCUT2D eigenvalue weighted by Gasteiger charge is 2.32. The number of aryl methyl sites for hydroxylation is 1. The van der Waals surface area contributed by atoms with Gasteiger partial charge in [0.2, 0.25) is 0 Å². The van der Waals surface area contributed by atoms with E-state index in [9.17, 15) is 10.1 Å². The smallest absolute Gasteiger partial charge is 0.269 e. The van der Waals surface area contributed by atoms with Crippen molar-refractivity contribution in [2.24, 2.45) is 5.73 Å². The first-order valence-corrected chi connectivity index (χ1v) is 9.91. The van der Waals surface area contributed by atoms with Crippen LogP contribution in [-0.4, -0.2) is 15.5 Å². The largest absolute Gasteiger partial charge is 0.335 e. The van der Waals surface area contributed by atoms with Gasteiger partial charge in [0, 0.05) is 45.7 Å². The molecule has 1 aliphatic rings. The molecule has 2 N–H and O–H groups in total. The maximum Gasteiger partial charge on any atom is 0.269 e. The average Bonchev–Trinajstić information content (AvgIpc) is 2.95. The number of nitro benzene ring substituents is 1. The van der Waals surface area contributed by atoms with E-state index in [4.69, 9.17) is 5.73 Å². The molecule has 6 heteroatoms. The molecule has 1 aliphatic carbocycles. The van der Waals surface area contributed by atoms with Gasteiger partial charge in [-0.3, -0.25) is 10.1 Å². The average molecular weight is 428 g/mol. The van der Waals surface area contributed by atoms with E-state index < -0.39 is 0 Å². The van der Waals surface area contributed by atoms with E-state index in [0.717, 1.165) is 29.3 Å². The van der Waals surface area contributed by atoms with Gasteiger partial charge < -0.3 is 10.3 Å². The summed E-state index contributed by atoms with van der Waals surface area (Å²) in [7, 11) is 0. The van der Waals surface area contributed by atoms with Gasteiger partial charge in [0.05, 0.1) is 10.5 Å². The van der Waals surface area contributed by atoms with Gasteiger partial charge in [-0.2, -0.15) is 0 Å². The Bertz CT molecular complexity index is 1040. The number of nitro groups is 1. The molecule has 0 spiro atoms. The standard InChI is InChI=1S/C21H22BrN3O2/c1-21(2,13-3-7-16(8-4-13)25(26)27)24-19-10-5-14(22)11-18(19)17-9-6-15(23)12-20(17)24/h3-5,7-8,10-11,15H,6,9,12,23H2,1-2H3. The number of aromatic nitrogens is 1. The quantitative estimate of drug-likeness (QED) is 0.476. The fraction of sp³-hybridized carbons (Fsp3) is 0.333. The lowest BCUT2D eigenvalue weighted by molar-refractivity contribution is -0.384. The van der Waals surface area contributed by atoms with Crippen molar-refractivity contribution in [1.82, 2.24) is 4.57 Å². The van der Waals surface area contributed by atoms with Crippen molar-refractivity contribution in [2.45, 2.75) is 44.7 Å². The summed E-state index contributed by atoms with van der Waals surface area (Å²) in [6, 6.07) is 13.4. The van der Waals surface area contributed by atoms with Gasteiger partial charge in [-0.05, 0) is 68.1 Å². The Labute approximate surface area is 166 Å². The zero-order valence-corrected chi connectivity index (χ0v) is 17.0. The molecule has 3 aromatic rings. The van der Waals surface area contributed by atoms with Crippen LogP contribution >= 0.6 is 15.9 Å². The predicted molar refractivity (Wildman–Crippen MR) is 111 cm³/mol. The lowest BCUT2D eigenvalue weighted by Gasteiger charge is -2.33. The number of benzene rings is 2. The molecule has 0 saturated heterocycles. The number of halogens is 1. The number of fused-ring (bicyclic) bond motifs is 3. The predicted octanol–water partition coefficient (Wildman–Crippen LogP) is 4.91. The van der Waals surface area contributed by atoms with Crippen LogP contribution in [0.25, 0.3) is 10.9 Å². The van der Waals surface area contributed by atoms with E-state index in [2.05, 4.69) is 52.5 Å². The van der Waals surface area contributed by atoms with Crippen molar-refractivity contribution in [2.75, 3.05) is 0 Å². The third-order valence-electron chi connectivity index (χ3n) is 5.71. The highest BCUT2D eigenvalue weighted by atomic mass is 79.9. The van der Waals surface area contributed by atoms with Crippen LogP contribution in [0.5, 0.6) is 0 Å². The molecule has 1 atom stereocenters. The van der Waals surface area contributed by atoms with Crippen LogP contribution in [0.2, 0.25) is 0 Å². The molecular formula is C21H22BrN3O2. The van der Waals surface area contributed by atoms with E-state index in [1.54, 1.807) is 12.1 Å². The summed E-state index contributed by atoms with van der Waals surface area (Å²) in [6.07, 6.45) is 2.82. The molecule has 0 saturated carbocycles. The van der Waals surface area contributed by atoms with E-state index in [0.29, 0.717) is 0 Å². The third kappa shape index (κ3) is 2.97. The van der Waals surface area contributed by atoms with E-state index in [1.165, 1.54) is 22.2 Å². The summed E-state index contributed by atoms with van der Waals surface area (Å²) in [5, 5.41) is 12.3. The van der Waals surface area contributed by atoms with Crippen LogP contribution in [0.3, 0.4) is 0 Å². The van der Waals surface area contributed by atoms with Crippen molar-refractivity contribution in [3.8, 4) is 0 Å². The van der Waals surface area contributed by atoms with Gasteiger partial charge in [0.15, 0.2) is 0 Å². The summed E-state index contributed by atoms with van der Waals surface area (Å²) < 4.78 is 3.45. The fourth-order valence-electron chi connectivity index (χ4n) is 4.31. The molecular weight excluding hydrogens is 406 g/mol. The highest BCUT2D eigenvalue weighted by Crippen LogP contribution is 2.40. The minimum Gasteiger partial charge on any atom is -0.335 e. The lowest BCUT2D eigenvalue weighted by atomic mass is 9.90. The normalized spacial score (nSPS) is 17.1. The van der Waals surface area contributed by atoms with Crippen LogP contribution in [0.1, 0.15) is 37.1 Å². The van der Waals surface area contributed by atoms with Gasteiger partial charge in [0.25, 0.3) is 5.69 Å². The van der Waals surface area contributed by atoms with Crippen molar-refractivity contribution < 1.29 is 4.92 Å². The maximum atomic E-state index is 11.0. The molecule has 0 radical (unpaired) electrons. The molecule has 27 heavy (non-hydrogen) atoms. The number of nitrogens with two attached hydrogens (primary N) is 1. The molecule has 0 bridgehead atoms. The second-order valence-corrected chi connectivity index (χ2v) is 8.70. The van der Waals surface area contributed by atoms with Crippen LogP contribution in [0.15, 0.2) is 46.9 Å². The minimum absolute atomic E-state index is 0.111. The summed E-state index contributed by atoms with van der Waals surface area (Å²) in [4.78, 5) is 10.6. The zero-order valence-electron chi connectivity index (χ0n) is 15.4. The topological polar surface area (TPSA) is 74.1 Å². The molecule has 1 unspecified atom stereocenters. The number of hydrogen-bond acceptors (Lipinski definition) is 3. The van der Waals surface area contributed by atoms with Gasteiger partial charge >= 0.3 is 0 Å². The SMILES string of the molecule is CC(C)(c1ccc([N+](=O)[O-])cc1)n1c2c(c3cc(Br)ccc31)CCC(N)C2. The molecule has 1 aromatic heterocycles. The Kier molecular flexibility index (Phi) is 4.35. The molecule has 0 fully saturated rings. The van der Waals surface area contributed by atoms with Crippen molar-refractivity contribution in [3.05, 3.63) is 73.9 Å². The third-order valence-corrected chi connectivity index (χ3v) is 6.20. The lowest BCUT2D eigenvalue weighted by Crippen LogP contribution is -2.34. The van der Waals surface area contributed by atoms with Crippen LogP contribution in [0, 0.1) is 10.1 Å². The van der Waals surface area contributed by atoms with Gasteiger partial charge in [0.1, 0.15) is 0 Å². The summed E-state index contributed by atoms with van der Waals surface area (Å²) >= 11 is 3.60. The van der Waals surface area contributed by atoms with E-state index in [1.807, 2.05) is 12.1 Å². The molecule has 5 nitrogen and oxygen atoms in total. The summed E-state index contributed by atoms with van der Waals surface area (Å²) in [5.74, 6) is 0. The zero-order chi connectivity index (χ0) is 19.3. The number of hydrogen-bond donors (Lipinski definition) is 1. The fourth-order valence-corrected chi connectivity index (χ4v) is 4.67. The first-order valence-electron chi connectivity index (χ1n) is 9.11. The van der Waals surface area contributed by atoms with Crippen LogP contribution in [-0.2, 0) is 18.4 Å². The van der Waals surface area contributed by atoms with Crippen molar-refractivity contribution in [3.63, 3.8) is 0 Å². The monoisotopic (exact) mass is 427 g/mol. The highest BCUT2D eigenvalue weighted by molar-refractivity contribution is 9.10. The minimum atomic E-state index is -0.361. The maximum absolute atomic E-state index is 11.0. The number of non-ortho nitro benzene ring substituents is 1. The Hall–Kier alpha value is -2.18. The molecule has 0 amide bonds. The van der Waals surface area contributed by atoms with Gasteiger partial charge in [-0.15, -0.1) is 0 Å². The number of rotatable bonds is 3. The van der Waals surface area contributed by atoms with Gasteiger partial charge in [-0.1, -0.05) is 15.9 Å². The number of nitrogens with zero attached hydrogens (tertiary/aromatic N) is 2. The van der Waals surface area contributed by atoms with Crippen LogP contribution in [0.4, 0.5) is 5.69 Å². The Morgan fingerprint density at radius 1 is 1.22 bits per heavy atom. The summed E-state index contributed by atoms with van der Waals surface area (Å²) in [5.41, 5.74) is 10.9. The van der Waals surface area contributed by atoms with Crippen LogP contribution < -0.4 is 5.73 Å². The summed E-state index contributed by atoms with van der Waals surface area (Å²) in [6.45, 7) is 4.33. The first-order chi connectivity index (χ1) is 12.8. The molecule has 0 aliphatic heterocycles. The van der Waals surface area contributed by atoms with Gasteiger partial charge in [-0.25, -0.2) is 0 Å². The molecule has 140 valence electrons. The van der Waals surface area contributed by atoms with Crippen molar-refractivity contribution >= 4 is 32.5 Å². The Balaban J connectivity index is 1.94. The Morgan fingerprint density at radius 3 is 2.59 bits per heavy atom. The van der Waals surface area contributed by atoms with Crippen molar-refractivity contribution in [1.29, 1.82) is 0 Å². The second-order valence-electron chi connectivity index (χ2n) is 7.79. The van der Waals surface area contributed by atoms with E-state index in [-0.39, 0.29) is 22.2 Å². The molecule has 2 aromatic carbocycles. The Morgan fingerprint density at radius 2 is 1.93 bits per heavy atom. The first kappa shape index (κ1) is 18.2. The molecule has 4 rings (SSSR count). The second kappa shape index (κ2) is 6.46. The molecule has 1 heterocycles. The van der Waals surface area contributed by atoms with E-state index >= 15 is 0 Å².